The molecule has 0 fully saturated rings. The maximum atomic E-state index is 12.1. The Hall–Kier alpha value is -2.40. The van der Waals surface area contributed by atoms with Crippen LogP contribution in [-0.2, 0) is 19.1 Å². The van der Waals surface area contributed by atoms with Crippen LogP contribution in [0, 0.1) is 0 Å². The van der Waals surface area contributed by atoms with Crippen molar-refractivity contribution in [3.05, 3.63) is 60.8 Å². The number of hydrogen-bond donors (Lipinski definition) is 1. The van der Waals surface area contributed by atoms with Gasteiger partial charge in [-0.3, -0.25) is 9.59 Å². The van der Waals surface area contributed by atoms with Crippen LogP contribution < -0.4 is 0 Å². The number of allylic oxidation sites excluding steroid dienone is 10. The predicted octanol–water partition coefficient (Wildman–Crippen LogP) is 11.6. The molecule has 0 aliphatic rings. The number of ether oxygens (including phenoxy) is 2. The molecule has 46 heavy (non-hydrogen) atoms. The summed E-state index contributed by atoms with van der Waals surface area (Å²) in [4.78, 5) is 24.2. The quantitative estimate of drug-likeness (QED) is 0.0438. The van der Waals surface area contributed by atoms with Crippen molar-refractivity contribution in [3.63, 3.8) is 0 Å². The fourth-order valence-electron chi connectivity index (χ4n) is 4.95. The molecule has 0 bridgehead atoms. The molecule has 0 rings (SSSR count). The molecule has 0 saturated carbocycles. The molecule has 5 heteroatoms. The highest BCUT2D eigenvalue weighted by Gasteiger charge is 2.16. The molecule has 0 radical (unpaired) electrons. The van der Waals surface area contributed by atoms with Crippen LogP contribution in [0.25, 0.3) is 0 Å². The summed E-state index contributed by atoms with van der Waals surface area (Å²) in [5.74, 6) is -0.649. The lowest BCUT2D eigenvalue weighted by atomic mass is 10.1. The van der Waals surface area contributed by atoms with E-state index in [0.29, 0.717) is 12.8 Å². The van der Waals surface area contributed by atoms with Crippen molar-refractivity contribution >= 4 is 11.9 Å². The number of carbonyl (C=O) groups excluding carboxylic acids is 2. The third kappa shape index (κ3) is 34.5. The zero-order valence-electron chi connectivity index (χ0n) is 29.8. The molecule has 0 aromatic carbocycles. The molecule has 1 N–H and O–H groups in total. The van der Waals surface area contributed by atoms with E-state index in [1.807, 2.05) is 0 Å². The Labute approximate surface area is 283 Å². The lowest BCUT2D eigenvalue weighted by molar-refractivity contribution is -0.161. The van der Waals surface area contributed by atoms with Gasteiger partial charge in [-0.25, -0.2) is 0 Å². The summed E-state index contributed by atoms with van der Waals surface area (Å²) in [5.41, 5.74) is 0. The van der Waals surface area contributed by atoms with Crippen LogP contribution in [0.3, 0.4) is 0 Å². The Kier molecular flexibility index (Phi) is 35.1. The van der Waals surface area contributed by atoms with Crippen molar-refractivity contribution in [3.8, 4) is 0 Å². The van der Waals surface area contributed by atoms with Gasteiger partial charge in [-0.1, -0.05) is 139 Å². The van der Waals surface area contributed by atoms with E-state index >= 15 is 0 Å². The van der Waals surface area contributed by atoms with Gasteiger partial charge >= 0.3 is 11.9 Å². The molecular weight excluding hydrogens is 572 g/mol. The number of hydrogen-bond acceptors (Lipinski definition) is 5. The van der Waals surface area contributed by atoms with Crippen molar-refractivity contribution < 1.29 is 24.2 Å². The van der Waals surface area contributed by atoms with Crippen LogP contribution >= 0.6 is 0 Å². The zero-order valence-corrected chi connectivity index (χ0v) is 29.8. The number of esters is 2. The molecular formula is C41H70O5. The first-order chi connectivity index (χ1) is 22.6. The third-order valence-corrected chi connectivity index (χ3v) is 7.80. The Morgan fingerprint density at radius 1 is 0.522 bits per heavy atom. The molecule has 0 spiro atoms. The molecule has 0 aliphatic heterocycles. The van der Waals surface area contributed by atoms with Gasteiger partial charge in [-0.15, -0.1) is 0 Å². The maximum absolute atomic E-state index is 12.1. The Morgan fingerprint density at radius 2 is 0.935 bits per heavy atom. The van der Waals surface area contributed by atoms with Gasteiger partial charge in [0.25, 0.3) is 0 Å². The minimum Gasteiger partial charge on any atom is -0.462 e. The molecule has 0 amide bonds. The van der Waals surface area contributed by atoms with Crippen molar-refractivity contribution in [1.29, 1.82) is 0 Å². The minimum atomic E-state index is -0.795. The smallest absolute Gasteiger partial charge is 0.306 e. The highest BCUT2D eigenvalue weighted by molar-refractivity contribution is 5.70. The molecule has 1 unspecified atom stereocenters. The molecule has 264 valence electrons. The molecule has 0 aromatic heterocycles. The van der Waals surface area contributed by atoms with E-state index in [1.54, 1.807) is 0 Å². The normalized spacial score (nSPS) is 12.8. The Morgan fingerprint density at radius 3 is 1.48 bits per heavy atom. The zero-order chi connectivity index (χ0) is 33.6. The summed E-state index contributed by atoms with van der Waals surface area (Å²) < 4.78 is 10.6. The van der Waals surface area contributed by atoms with Gasteiger partial charge in [-0.2, -0.15) is 0 Å². The molecule has 5 nitrogen and oxygen atoms in total. The number of aliphatic hydroxyl groups excluding tert-OH is 1. The summed E-state index contributed by atoms with van der Waals surface area (Å²) in [5, 5.41) is 9.53. The van der Waals surface area contributed by atoms with Crippen LogP contribution in [-0.4, -0.2) is 36.4 Å². The fourth-order valence-corrected chi connectivity index (χ4v) is 4.95. The average Bonchev–Trinajstić information content (AvgIpc) is 3.06. The van der Waals surface area contributed by atoms with Crippen molar-refractivity contribution in [2.45, 2.75) is 174 Å². The average molecular weight is 643 g/mol. The second kappa shape index (κ2) is 37.1. The summed E-state index contributed by atoms with van der Waals surface area (Å²) in [7, 11) is 0. The Bertz CT molecular complexity index is 823. The standard InChI is InChI=1S/C41H70O5/c1-3-5-7-9-11-13-15-17-19-20-22-23-25-27-29-31-33-35-40(43)45-38-39(37-42)46-41(44)36-34-32-30-28-26-24-21-18-16-14-12-10-8-6-4-2/h6,8,12,14,17-19,21,26,28,39,42H,3-5,7,9-11,13,15-16,20,22-25,27,29-38H2,1-2H3/b8-6-,14-12-,19-17-,21-18-,28-26-. The summed E-state index contributed by atoms with van der Waals surface area (Å²) in [6.07, 6.45) is 47.1. The van der Waals surface area contributed by atoms with Gasteiger partial charge in [0.15, 0.2) is 6.10 Å². The molecule has 1 atom stereocenters. The third-order valence-electron chi connectivity index (χ3n) is 7.80. The summed E-state index contributed by atoms with van der Waals surface area (Å²) in [6.45, 7) is 3.97. The van der Waals surface area contributed by atoms with Crippen LogP contribution in [0.2, 0.25) is 0 Å². The van der Waals surface area contributed by atoms with Crippen molar-refractivity contribution in [2.24, 2.45) is 0 Å². The largest absolute Gasteiger partial charge is 0.462 e. The van der Waals surface area contributed by atoms with Crippen LogP contribution in [0.15, 0.2) is 60.8 Å². The second-order valence-electron chi connectivity index (χ2n) is 12.3. The first kappa shape index (κ1) is 43.6. The van der Waals surface area contributed by atoms with Gasteiger partial charge < -0.3 is 14.6 Å². The monoisotopic (exact) mass is 643 g/mol. The van der Waals surface area contributed by atoms with Gasteiger partial charge in [0.1, 0.15) is 6.61 Å². The molecule has 0 aromatic rings. The van der Waals surface area contributed by atoms with E-state index in [0.717, 1.165) is 64.2 Å². The van der Waals surface area contributed by atoms with Gasteiger partial charge in [0, 0.05) is 12.8 Å². The van der Waals surface area contributed by atoms with Gasteiger partial charge in [-0.05, 0) is 77.0 Å². The summed E-state index contributed by atoms with van der Waals surface area (Å²) >= 11 is 0. The molecule has 0 heterocycles. The fraction of sp³-hybridized carbons (Fsp3) is 0.707. The molecule has 0 saturated heterocycles. The number of unbranched alkanes of at least 4 members (excludes halogenated alkanes) is 15. The van der Waals surface area contributed by atoms with Crippen molar-refractivity contribution in [2.75, 3.05) is 13.2 Å². The van der Waals surface area contributed by atoms with E-state index in [2.05, 4.69) is 74.6 Å². The first-order valence-electron chi connectivity index (χ1n) is 18.8. The van der Waals surface area contributed by atoms with E-state index in [1.165, 1.54) is 77.0 Å². The first-order valence-corrected chi connectivity index (χ1v) is 18.8. The topological polar surface area (TPSA) is 72.8 Å². The van der Waals surface area contributed by atoms with Crippen LogP contribution in [0.1, 0.15) is 168 Å². The van der Waals surface area contributed by atoms with Crippen LogP contribution in [0.4, 0.5) is 0 Å². The number of rotatable bonds is 33. The van der Waals surface area contributed by atoms with Crippen molar-refractivity contribution in [1.82, 2.24) is 0 Å². The van der Waals surface area contributed by atoms with E-state index in [4.69, 9.17) is 9.47 Å². The molecule has 0 aliphatic carbocycles. The van der Waals surface area contributed by atoms with Gasteiger partial charge in [0.2, 0.25) is 0 Å². The lowest BCUT2D eigenvalue weighted by Gasteiger charge is -2.15. The highest BCUT2D eigenvalue weighted by Crippen LogP contribution is 2.12. The minimum absolute atomic E-state index is 0.0869. The SMILES string of the molecule is CC/C=C\C/C=C\C/C=C\C/C=C\CCCCC(=O)OC(CO)COC(=O)CCCCCCCCC/C=C\CCCCCCCC. The van der Waals surface area contributed by atoms with Gasteiger partial charge in [0.05, 0.1) is 6.61 Å². The predicted molar refractivity (Wildman–Crippen MR) is 196 cm³/mol. The number of aliphatic hydroxyl groups is 1. The highest BCUT2D eigenvalue weighted by atomic mass is 16.6. The van der Waals surface area contributed by atoms with E-state index < -0.39 is 6.10 Å². The van der Waals surface area contributed by atoms with E-state index in [9.17, 15) is 14.7 Å². The summed E-state index contributed by atoms with van der Waals surface area (Å²) in [6, 6.07) is 0. The Balaban J connectivity index is 3.65. The van der Waals surface area contributed by atoms with E-state index in [-0.39, 0.29) is 25.2 Å². The maximum Gasteiger partial charge on any atom is 0.306 e. The van der Waals surface area contributed by atoms with Crippen LogP contribution in [0.5, 0.6) is 0 Å². The second-order valence-corrected chi connectivity index (χ2v) is 12.3. The lowest BCUT2D eigenvalue weighted by Crippen LogP contribution is -2.28. The number of carbonyl (C=O) groups is 2.